The molecule has 0 bridgehead atoms. The molecule has 27 heavy (non-hydrogen) atoms. The van der Waals surface area contributed by atoms with Crippen LogP contribution in [0.2, 0.25) is 0 Å². The van der Waals surface area contributed by atoms with Gasteiger partial charge < -0.3 is 14.6 Å². The number of amides is 2. The molecule has 9 heteroatoms. The molecule has 2 heterocycles. The van der Waals surface area contributed by atoms with E-state index in [-0.39, 0.29) is 12.6 Å². The minimum atomic E-state index is -0.373. The van der Waals surface area contributed by atoms with Crippen LogP contribution in [-0.4, -0.2) is 33.1 Å². The van der Waals surface area contributed by atoms with Crippen LogP contribution >= 0.6 is 0 Å². The molecule has 9 nitrogen and oxygen atoms in total. The third-order valence-corrected chi connectivity index (χ3v) is 4.21. The van der Waals surface area contributed by atoms with Gasteiger partial charge in [-0.2, -0.15) is 10.1 Å². The van der Waals surface area contributed by atoms with Gasteiger partial charge in [-0.15, -0.1) is 0 Å². The summed E-state index contributed by atoms with van der Waals surface area (Å²) in [6, 6.07) is 8.83. The van der Waals surface area contributed by atoms with Crippen molar-refractivity contribution in [1.82, 2.24) is 25.2 Å². The summed E-state index contributed by atoms with van der Waals surface area (Å²) >= 11 is 0. The summed E-state index contributed by atoms with van der Waals surface area (Å²) in [4.78, 5) is 16.5. The molecular formula is C18H20N6O3. The van der Waals surface area contributed by atoms with Crippen LogP contribution < -0.4 is 15.4 Å². The van der Waals surface area contributed by atoms with Crippen molar-refractivity contribution in [3.05, 3.63) is 47.7 Å². The fourth-order valence-corrected chi connectivity index (χ4v) is 2.66. The summed E-state index contributed by atoms with van der Waals surface area (Å²) < 4.78 is 12.0. The first-order valence-electron chi connectivity index (χ1n) is 8.71. The molecule has 2 N–H and O–H groups in total. The standard InChI is InChI=1S/C18H20N6O3/c1-11-9-16(24(22-11)13-5-7-14(26-2)8-6-13)21-18(25)19-10-15-20-17(27-23-15)12-3-4-12/h5-9,12H,3-4,10H2,1-2H3,(H2,19,21,25). The first-order chi connectivity index (χ1) is 13.1. The van der Waals surface area contributed by atoms with Gasteiger partial charge in [0.2, 0.25) is 5.89 Å². The molecule has 2 amide bonds. The van der Waals surface area contributed by atoms with E-state index in [1.807, 2.05) is 31.2 Å². The van der Waals surface area contributed by atoms with Crippen molar-refractivity contribution in [2.75, 3.05) is 12.4 Å². The van der Waals surface area contributed by atoms with Gasteiger partial charge in [-0.05, 0) is 44.0 Å². The number of carbonyl (C=O) groups excluding carboxylic acids is 1. The molecule has 2 aromatic heterocycles. The van der Waals surface area contributed by atoms with Crippen LogP contribution in [0.3, 0.4) is 0 Å². The van der Waals surface area contributed by atoms with Crippen molar-refractivity contribution < 1.29 is 14.1 Å². The van der Waals surface area contributed by atoms with Crippen LogP contribution in [0.1, 0.15) is 36.2 Å². The van der Waals surface area contributed by atoms with Gasteiger partial charge in [0.25, 0.3) is 0 Å². The van der Waals surface area contributed by atoms with Gasteiger partial charge >= 0.3 is 6.03 Å². The average molecular weight is 368 g/mol. The second kappa shape index (κ2) is 7.10. The molecule has 1 aliphatic carbocycles. The van der Waals surface area contributed by atoms with Gasteiger partial charge in [0.15, 0.2) is 5.82 Å². The summed E-state index contributed by atoms with van der Waals surface area (Å²) in [6.07, 6.45) is 2.18. The van der Waals surface area contributed by atoms with Crippen molar-refractivity contribution in [3.8, 4) is 11.4 Å². The van der Waals surface area contributed by atoms with Gasteiger partial charge in [-0.25, -0.2) is 9.48 Å². The number of hydrogen-bond donors (Lipinski definition) is 2. The maximum atomic E-state index is 12.3. The molecule has 0 radical (unpaired) electrons. The van der Waals surface area contributed by atoms with Crippen LogP contribution in [0.4, 0.5) is 10.6 Å². The molecule has 1 fully saturated rings. The number of carbonyl (C=O) groups is 1. The molecule has 1 aliphatic rings. The number of rotatable bonds is 6. The maximum Gasteiger partial charge on any atom is 0.320 e. The lowest BCUT2D eigenvalue weighted by atomic mass is 10.3. The first kappa shape index (κ1) is 17.1. The van der Waals surface area contributed by atoms with Gasteiger partial charge in [0, 0.05) is 12.0 Å². The van der Waals surface area contributed by atoms with Crippen molar-refractivity contribution in [3.63, 3.8) is 0 Å². The van der Waals surface area contributed by atoms with E-state index in [0.29, 0.717) is 23.5 Å². The van der Waals surface area contributed by atoms with Crippen molar-refractivity contribution >= 4 is 11.8 Å². The number of benzene rings is 1. The highest BCUT2D eigenvalue weighted by molar-refractivity contribution is 5.88. The van der Waals surface area contributed by atoms with Crippen molar-refractivity contribution in [1.29, 1.82) is 0 Å². The molecule has 0 saturated heterocycles. The third kappa shape index (κ3) is 3.91. The van der Waals surface area contributed by atoms with E-state index in [4.69, 9.17) is 9.26 Å². The average Bonchev–Trinajstić information content (AvgIpc) is 3.31. The monoisotopic (exact) mass is 368 g/mol. The van der Waals surface area contributed by atoms with Crippen LogP contribution in [0.25, 0.3) is 5.69 Å². The van der Waals surface area contributed by atoms with E-state index in [1.165, 1.54) is 0 Å². The second-order valence-corrected chi connectivity index (χ2v) is 6.41. The Morgan fingerprint density at radius 3 is 2.81 bits per heavy atom. The minimum Gasteiger partial charge on any atom is -0.497 e. The van der Waals surface area contributed by atoms with Gasteiger partial charge in [0.1, 0.15) is 11.6 Å². The highest BCUT2D eigenvalue weighted by atomic mass is 16.5. The van der Waals surface area contributed by atoms with Gasteiger partial charge in [0.05, 0.1) is 25.0 Å². The highest BCUT2D eigenvalue weighted by Gasteiger charge is 2.29. The fourth-order valence-electron chi connectivity index (χ4n) is 2.66. The van der Waals surface area contributed by atoms with Crippen molar-refractivity contribution in [2.24, 2.45) is 0 Å². The molecule has 3 aromatic rings. The minimum absolute atomic E-state index is 0.192. The number of anilines is 1. The molecule has 0 unspecified atom stereocenters. The molecule has 1 aromatic carbocycles. The van der Waals surface area contributed by atoms with Gasteiger partial charge in [-0.1, -0.05) is 5.16 Å². The molecular weight excluding hydrogens is 348 g/mol. The highest BCUT2D eigenvalue weighted by Crippen LogP contribution is 2.38. The zero-order chi connectivity index (χ0) is 18.8. The predicted molar refractivity (Wildman–Crippen MR) is 97.0 cm³/mol. The Bertz CT molecular complexity index is 942. The summed E-state index contributed by atoms with van der Waals surface area (Å²) in [5, 5.41) is 13.8. The second-order valence-electron chi connectivity index (χ2n) is 6.41. The first-order valence-corrected chi connectivity index (χ1v) is 8.71. The lowest BCUT2D eigenvalue weighted by molar-refractivity contribution is 0.251. The maximum absolute atomic E-state index is 12.3. The van der Waals surface area contributed by atoms with E-state index < -0.39 is 0 Å². The Kier molecular flexibility index (Phi) is 4.49. The number of aromatic nitrogens is 4. The molecule has 0 atom stereocenters. The zero-order valence-electron chi connectivity index (χ0n) is 15.1. The molecule has 1 saturated carbocycles. The Labute approximate surface area is 155 Å². The third-order valence-electron chi connectivity index (χ3n) is 4.21. The topological polar surface area (TPSA) is 107 Å². The quantitative estimate of drug-likeness (QED) is 0.693. The molecule has 0 spiro atoms. The number of urea groups is 1. The summed E-state index contributed by atoms with van der Waals surface area (Å²) in [5.74, 6) is 2.82. The number of aryl methyl sites for hydroxylation is 1. The molecule has 0 aliphatic heterocycles. The Balaban J connectivity index is 1.41. The Morgan fingerprint density at radius 1 is 1.33 bits per heavy atom. The Hall–Kier alpha value is -3.36. The fraction of sp³-hybridized carbons (Fsp3) is 0.333. The van der Waals surface area contributed by atoms with E-state index >= 15 is 0 Å². The lowest BCUT2D eigenvalue weighted by Gasteiger charge is -2.10. The number of hydrogen-bond acceptors (Lipinski definition) is 6. The van der Waals surface area contributed by atoms with Crippen LogP contribution in [0.5, 0.6) is 5.75 Å². The van der Waals surface area contributed by atoms with Gasteiger partial charge in [-0.3, -0.25) is 5.32 Å². The summed E-state index contributed by atoms with van der Waals surface area (Å²) in [7, 11) is 1.61. The number of ether oxygens (including phenoxy) is 1. The van der Waals surface area contributed by atoms with E-state index in [2.05, 4.69) is 25.9 Å². The summed E-state index contributed by atoms with van der Waals surface area (Å²) in [5.41, 5.74) is 1.60. The largest absolute Gasteiger partial charge is 0.497 e. The molecule has 4 rings (SSSR count). The zero-order valence-corrected chi connectivity index (χ0v) is 15.1. The van der Waals surface area contributed by atoms with Crippen LogP contribution in [-0.2, 0) is 6.54 Å². The normalized spacial score (nSPS) is 13.4. The Morgan fingerprint density at radius 2 is 2.11 bits per heavy atom. The van der Waals surface area contributed by atoms with Crippen molar-refractivity contribution in [2.45, 2.75) is 32.2 Å². The molecule has 140 valence electrons. The predicted octanol–water partition coefficient (Wildman–Crippen LogP) is 2.77. The number of methoxy groups -OCH3 is 1. The van der Waals surface area contributed by atoms with E-state index in [9.17, 15) is 4.79 Å². The number of nitrogens with zero attached hydrogens (tertiary/aromatic N) is 4. The van der Waals surface area contributed by atoms with E-state index in [0.717, 1.165) is 30.0 Å². The smallest absolute Gasteiger partial charge is 0.320 e. The van der Waals surface area contributed by atoms with E-state index in [1.54, 1.807) is 17.9 Å². The SMILES string of the molecule is COc1ccc(-n2nc(C)cc2NC(=O)NCc2noc(C3CC3)n2)cc1. The van der Waals surface area contributed by atoms with Crippen LogP contribution in [0, 0.1) is 6.92 Å². The summed E-state index contributed by atoms with van der Waals surface area (Å²) in [6.45, 7) is 2.06. The lowest BCUT2D eigenvalue weighted by Crippen LogP contribution is -2.29. The van der Waals surface area contributed by atoms with Crippen LogP contribution in [0.15, 0.2) is 34.9 Å². The number of nitrogens with one attached hydrogen (secondary N) is 2.